The first-order valence-electron chi connectivity index (χ1n) is 12.7. The van der Waals surface area contributed by atoms with Gasteiger partial charge in [0.2, 0.25) is 0 Å². The van der Waals surface area contributed by atoms with Crippen LogP contribution >= 0.6 is 11.3 Å². The van der Waals surface area contributed by atoms with E-state index in [1.165, 1.54) is 11.5 Å². The first-order valence-corrected chi connectivity index (χ1v) is 13.6. The van der Waals surface area contributed by atoms with Gasteiger partial charge in [0.25, 0.3) is 17.7 Å². The first kappa shape index (κ1) is 27.9. The van der Waals surface area contributed by atoms with E-state index in [1.807, 2.05) is 36.1 Å². The lowest BCUT2D eigenvalue weighted by molar-refractivity contribution is -0.670. The number of allylic oxidation sites excluding steroid dienone is 2. The summed E-state index contributed by atoms with van der Waals surface area (Å²) in [4.78, 5) is 63.0. The summed E-state index contributed by atoms with van der Waals surface area (Å²) in [5, 5.41) is 20.0. The van der Waals surface area contributed by atoms with Crippen molar-refractivity contribution in [3.8, 4) is 0 Å². The maximum absolute atomic E-state index is 13.1. The van der Waals surface area contributed by atoms with E-state index in [0.29, 0.717) is 30.5 Å². The molecule has 41 heavy (non-hydrogen) atoms. The van der Waals surface area contributed by atoms with Gasteiger partial charge < -0.3 is 35.6 Å². The number of carboxylic acids is 1. The highest BCUT2D eigenvalue weighted by Gasteiger charge is 2.52. The zero-order valence-corrected chi connectivity index (χ0v) is 22.7. The number of halogens is 1. The molecule has 0 saturated carbocycles. The molecule has 0 spiro atoms. The quantitative estimate of drug-likeness (QED) is 0.0954. The van der Waals surface area contributed by atoms with Crippen LogP contribution in [0.1, 0.15) is 25.0 Å². The Balaban J connectivity index is 1.34. The zero-order chi connectivity index (χ0) is 29.3. The predicted octanol–water partition coefficient (Wildman–Crippen LogP) is -0.903. The maximum atomic E-state index is 13.1. The number of hydrogen-bond acceptors (Lipinski definition) is 10. The molecule has 3 aliphatic heterocycles. The standard InChI is InChI=1S/C26H26FN7O6S/c1-32-8-2-3-16(12-32)33-9-6-15(23(33)36)11-14-4-5-18-20(24(37)34(18)21(14)25(38)39)30-22(35)19(31-40-10-7-27)17-13-41-26(28)29-17/h2-3,8,11-13,18,20H,4-7,9-10H2,1H3,(H3-,28,29,30,35,38,39)/b15-11+,31-19-/t18-,20+/m1/s1. The number of thiazole rings is 1. The second-order valence-electron chi connectivity index (χ2n) is 9.56. The molecule has 2 fully saturated rings. The lowest BCUT2D eigenvalue weighted by Gasteiger charge is -2.51. The first-order chi connectivity index (χ1) is 19.7. The van der Waals surface area contributed by atoms with E-state index >= 15 is 0 Å². The van der Waals surface area contributed by atoms with Crippen LogP contribution in [0.2, 0.25) is 0 Å². The van der Waals surface area contributed by atoms with E-state index in [-0.39, 0.29) is 34.6 Å². The minimum absolute atomic E-state index is 0.0832. The Labute approximate surface area is 237 Å². The molecule has 15 heteroatoms. The minimum atomic E-state index is -1.56. The number of nitrogens with zero attached hydrogens (tertiary/aromatic N) is 5. The highest BCUT2D eigenvalue weighted by molar-refractivity contribution is 7.13. The smallest absolute Gasteiger partial charge is 0.276 e. The number of rotatable bonds is 9. The number of carboxylic acid groups (broad SMARTS) is 1. The monoisotopic (exact) mass is 583 g/mol. The molecule has 2 atom stereocenters. The summed E-state index contributed by atoms with van der Waals surface area (Å²) in [6.07, 6.45) is 6.17. The third kappa shape index (κ3) is 5.39. The van der Waals surface area contributed by atoms with E-state index < -0.39 is 43.1 Å². The van der Waals surface area contributed by atoms with Crippen molar-refractivity contribution < 1.29 is 38.1 Å². The largest absolute Gasteiger partial charge is 0.543 e. The van der Waals surface area contributed by atoms with E-state index in [9.17, 15) is 28.7 Å². The van der Waals surface area contributed by atoms with Crippen LogP contribution < -0.4 is 25.6 Å². The van der Waals surface area contributed by atoms with Crippen molar-refractivity contribution in [3.63, 3.8) is 0 Å². The number of carbonyl (C=O) groups is 4. The molecule has 2 aromatic rings. The highest BCUT2D eigenvalue weighted by Crippen LogP contribution is 2.38. The van der Waals surface area contributed by atoms with Crippen molar-refractivity contribution in [2.75, 3.05) is 30.5 Å². The van der Waals surface area contributed by atoms with Crippen molar-refractivity contribution >= 4 is 51.6 Å². The predicted molar refractivity (Wildman–Crippen MR) is 141 cm³/mol. The fourth-order valence-electron chi connectivity index (χ4n) is 5.11. The van der Waals surface area contributed by atoms with Crippen LogP contribution in [-0.2, 0) is 31.1 Å². The van der Waals surface area contributed by atoms with Gasteiger partial charge in [-0.3, -0.25) is 14.4 Å². The molecule has 3 amide bonds. The third-order valence-corrected chi connectivity index (χ3v) is 7.64. The van der Waals surface area contributed by atoms with E-state index in [1.54, 1.807) is 4.90 Å². The molecule has 2 aromatic heterocycles. The van der Waals surface area contributed by atoms with E-state index in [4.69, 9.17) is 10.6 Å². The molecule has 0 aliphatic carbocycles. The van der Waals surface area contributed by atoms with Gasteiger partial charge in [0.05, 0.1) is 17.7 Å². The van der Waals surface area contributed by atoms with Crippen LogP contribution in [0.4, 0.5) is 15.2 Å². The fraction of sp³-hybridized carbons (Fsp3) is 0.346. The van der Waals surface area contributed by atoms with Gasteiger partial charge in [-0.15, -0.1) is 11.3 Å². The average Bonchev–Trinajstić information content (AvgIpc) is 3.54. The summed E-state index contributed by atoms with van der Waals surface area (Å²) in [7, 11) is 1.85. The van der Waals surface area contributed by atoms with Gasteiger partial charge in [-0.25, -0.2) is 13.9 Å². The summed E-state index contributed by atoms with van der Waals surface area (Å²) in [6, 6.07) is 1.94. The van der Waals surface area contributed by atoms with Crippen LogP contribution in [0.5, 0.6) is 0 Å². The molecule has 5 rings (SSSR count). The van der Waals surface area contributed by atoms with Crippen LogP contribution in [0, 0.1) is 0 Å². The number of nitrogen functional groups attached to an aromatic ring is 1. The van der Waals surface area contributed by atoms with Gasteiger partial charge in [-0.05, 0) is 37.0 Å². The van der Waals surface area contributed by atoms with Crippen LogP contribution in [0.15, 0.2) is 58.0 Å². The molecule has 0 radical (unpaired) electrons. The van der Waals surface area contributed by atoms with Crippen LogP contribution in [0.25, 0.3) is 0 Å². The molecule has 3 N–H and O–H groups in total. The molecule has 0 aromatic carbocycles. The summed E-state index contributed by atoms with van der Waals surface area (Å²) in [5.41, 5.74) is 6.56. The molecule has 5 heterocycles. The molecule has 214 valence electrons. The van der Waals surface area contributed by atoms with Gasteiger partial charge in [0.1, 0.15) is 37.8 Å². The van der Waals surface area contributed by atoms with Crippen molar-refractivity contribution in [2.45, 2.75) is 31.3 Å². The molecule has 13 nitrogen and oxygen atoms in total. The topological polar surface area (TPSA) is 174 Å². The summed E-state index contributed by atoms with van der Waals surface area (Å²) < 4.78 is 14.3. The van der Waals surface area contributed by atoms with E-state index in [2.05, 4.69) is 15.5 Å². The molecular weight excluding hydrogens is 557 g/mol. The normalized spacial score (nSPS) is 21.7. The summed E-state index contributed by atoms with van der Waals surface area (Å²) >= 11 is 1.05. The van der Waals surface area contributed by atoms with E-state index in [0.717, 1.165) is 21.9 Å². The average molecular weight is 584 g/mol. The van der Waals surface area contributed by atoms with Crippen LogP contribution in [0.3, 0.4) is 0 Å². The number of β-lactam (4-membered cyclic amide) rings is 1. The van der Waals surface area contributed by atoms with Crippen LogP contribution in [-0.4, -0.2) is 71.2 Å². The number of alkyl halides is 1. The number of fused-ring (bicyclic) bond motifs is 1. The fourth-order valence-corrected chi connectivity index (χ4v) is 5.66. The number of nitrogens with two attached hydrogens (primary N) is 1. The lowest BCUT2D eigenvalue weighted by Crippen LogP contribution is -2.72. The van der Waals surface area contributed by atoms with Gasteiger partial charge in [0, 0.05) is 23.6 Å². The SMILES string of the molecule is C[n+]1cccc(N2CC/C(=C\C3=C(C(=O)[O-])N4C(=O)[C@@H](NC(=O)/C(=N\OCCF)c5csc(N)n5)[C@H]4CC3)C2=O)c1. The zero-order valence-electron chi connectivity index (χ0n) is 21.9. The van der Waals surface area contributed by atoms with Crippen molar-refractivity contribution in [1.82, 2.24) is 15.2 Å². The molecular formula is C26H26FN7O6S. The highest BCUT2D eigenvalue weighted by atomic mass is 32.1. The van der Waals surface area contributed by atoms with Gasteiger partial charge >= 0.3 is 0 Å². The van der Waals surface area contributed by atoms with Crippen molar-refractivity contribution in [2.24, 2.45) is 12.2 Å². The summed E-state index contributed by atoms with van der Waals surface area (Å²) in [5.74, 6) is -3.27. The number of aliphatic carboxylic acids is 1. The number of aryl methyl sites for hydroxylation is 1. The Morgan fingerprint density at radius 1 is 1.39 bits per heavy atom. The lowest BCUT2D eigenvalue weighted by atomic mass is 9.82. The molecule has 2 saturated heterocycles. The Morgan fingerprint density at radius 2 is 2.20 bits per heavy atom. The van der Waals surface area contributed by atoms with Crippen molar-refractivity contribution in [1.29, 1.82) is 0 Å². The number of oxime groups is 1. The van der Waals surface area contributed by atoms with Gasteiger partial charge in [0.15, 0.2) is 23.2 Å². The minimum Gasteiger partial charge on any atom is -0.543 e. The third-order valence-electron chi connectivity index (χ3n) is 6.97. The Morgan fingerprint density at radius 3 is 2.88 bits per heavy atom. The summed E-state index contributed by atoms with van der Waals surface area (Å²) in [6.45, 7) is -0.788. The number of anilines is 2. The number of amides is 3. The number of nitrogens with one attached hydrogen (secondary N) is 1. The second kappa shape index (κ2) is 11.4. The Hall–Kier alpha value is -4.66. The number of hydrogen-bond donors (Lipinski definition) is 2. The number of aromatic nitrogens is 2. The second-order valence-corrected chi connectivity index (χ2v) is 10.5. The maximum Gasteiger partial charge on any atom is 0.276 e. The number of carbonyl (C=O) groups excluding carboxylic acids is 4. The van der Waals surface area contributed by atoms with Gasteiger partial charge in [-0.2, -0.15) is 0 Å². The molecule has 0 bridgehead atoms. The number of pyridine rings is 1. The van der Waals surface area contributed by atoms with Gasteiger partial charge in [-0.1, -0.05) is 5.16 Å². The Bertz CT molecular complexity index is 1520. The van der Waals surface area contributed by atoms with Crippen molar-refractivity contribution in [3.05, 3.63) is 58.5 Å². The Kier molecular flexibility index (Phi) is 7.79. The molecule has 3 aliphatic rings. The molecule has 0 unspecified atom stereocenters.